The SMILES string of the molecule is C=C(C)C(=O)ON(CC)CC.Cc1ccc(S(=O)(=O)O)cc1. The summed E-state index contributed by atoms with van der Waals surface area (Å²) in [6, 6.07) is 5.99. The summed E-state index contributed by atoms with van der Waals surface area (Å²) in [5.41, 5.74) is 1.38. The number of hydrogen-bond acceptors (Lipinski definition) is 5. The highest BCUT2D eigenvalue weighted by Crippen LogP contribution is 2.08. The molecule has 1 aromatic rings. The molecule has 0 saturated carbocycles. The van der Waals surface area contributed by atoms with Crippen LogP contribution in [0.25, 0.3) is 0 Å². The van der Waals surface area contributed by atoms with Gasteiger partial charge in [-0.3, -0.25) is 4.55 Å². The standard InChI is InChI=1S/C8H15NO2.C7H8O3S/c1-5-9(6-2)11-8(10)7(3)4;1-6-2-4-7(5-3-6)11(8,9)10/h3,5-6H2,1-2,4H3;2-5H,1H3,(H,8,9,10). The van der Waals surface area contributed by atoms with Gasteiger partial charge in [0.05, 0.1) is 4.90 Å². The van der Waals surface area contributed by atoms with Crippen LogP contribution in [-0.2, 0) is 19.8 Å². The normalized spacial score (nSPS) is 10.6. The van der Waals surface area contributed by atoms with Gasteiger partial charge in [0, 0.05) is 18.7 Å². The van der Waals surface area contributed by atoms with Gasteiger partial charge in [0.1, 0.15) is 0 Å². The van der Waals surface area contributed by atoms with Crippen LogP contribution in [0.4, 0.5) is 0 Å². The first-order valence-electron chi connectivity index (χ1n) is 6.78. The maximum atomic E-state index is 10.9. The van der Waals surface area contributed by atoms with Crippen molar-refractivity contribution in [2.45, 2.75) is 32.6 Å². The zero-order valence-corrected chi connectivity index (χ0v) is 14.2. The van der Waals surface area contributed by atoms with Crippen molar-refractivity contribution in [3.63, 3.8) is 0 Å². The number of hydrogen-bond donors (Lipinski definition) is 1. The molecule has 1 rings (SSSR count). The van der Waals surface area contributed by atoms with Crippen LogP contribution in [0, 0.1) is 6.92 Å². The lowest BCUT2D eigenvalue weighted by Gasteiger charge is -2.16. The van der Waals surface area contributed by atoms with E-state index in [4.69, 9.17) is 9.39 Å². The molecule has 1 N–H and O–H groups in total. The molecule has 0 amide bonds. The van der Waals surface area contributed by atoms with E-state index in [2.05, 4.69) is 6.58 Å². The third-order valence-electron chi connectivity index (χ3n) is 2.58. The highest BCUT2D eigenvalue weighted by atomic mass is 32.2. The Morgan fingerprint density at radius 1 is 1.23 bits per heavy atom. The topological polar surface area (TPSA) is 83.9 Å². The molecule has 0 aromatic heterocycles. The largest absolute Gasteiger partial charge is 0.364 e. The first kappa shape index (κ1) is 20.3. The van der Waals surface area contributed by atoms with Gasteiger partial charge in [0.15, 0.2) is 0 Å². The summed E-state index contributed by atoms with van der Waals surface area (Å²) in [6.45, 7) is 12.2. The van der Waals surface area contributed by atoms with E-state index in [0.717, 1.165) is 5.56 Å². The van der Waals surface area contributed by atoms with Gasteiger partial charge in [-0.05, 0) is 39.8 Å². The van der Waals surface area contributed by atoms with Crippen LogP contribution in [0.2, 0.25) is 0 Å². The molecule has 0 unspecified atom stereocenters. The summed E-state index contributed by atoms with van der Waals surface area (Å²) >= 11 is 0. The minimum Gasteiger partial charge on any atom is -0.364 e. The number of hydroxylamine groups is 2. The van der Waals surface area contributed by atoms with Crippen LogP contribution < -0.4 is 0 Å². The molecule has 0 aliphatic heterocycles. The van der Waals surface area contributed by atoms with E-state index in [9.17, 15) is 13.2 Å². The van der Waals surface area contributed by atoms with E-state index in [0.29, 0.717) is 18.7 Å². The minimum atomic E-state index is -4.02. The average Bonchev–Trinajstić information content (AvgIpc) is 2.44. The zero-order valence-electron chi connectivity index (χ0n) is 13.4. The van der Waals surface area contributed by atoms with Gasteiger partial charge < -0.3 is 4.84 Å². The van der Waals surface area contributed by atoms with E-state index in [-0.39, 0.29) is 10.9 Å². The fourth-order valence-corrected chi connectivity index (χ4v) is 1.74. The Kier molecular flexibility index (Phi) is 8.62. The number of benzene rings is 1. The Morgan fingerprint density at radius 3 is 2.00 bits per heavy atom. The van der Waals surface area contributed by atoms with Gasteiger partial charge in [-0.25, -0.2) is 4.79 Å². The summed E-state index contributed by atoms with van der Waals surface area (Å²) in [5, 5.41) is 1.58. The van der Waals surface area contributed by atoms with Gasteiger partial charge in [-0.1, -0.05) is 24.3 Å². The Balaban J connectivity index is 0.000000401. The zero-order chi connectivity index (χ0) is 17.3. The van der Waals surface area contributed by atoms with Gasteiger partial charge in [0.2, 0.25) is 0 Å². The molecule has 0 aliphatic carbocycles. The van der Waals surface area contributed by atoms with Crippen LogP contribution in [0.3, 0.4) is 0 Å². The van der Waals surface area contributed by atoms with Crippen LogP contribution >= 0.6 is 0 Å². The third-order valence-corrected chi connectivity index (χ3v) is 3.45. The number of carbonyl (C=O) groups excluding carboxylic acids is 1. The molecule has 0 saturated heterocycles. The molecule has 0 heterocycles. The molecule has 0 radical (unpaired) electrons. The summed E-state index contributed by atoms with van der Waals surface area (Å²) in [6.07, 6.45) is 0. The fourth-order valence-electron chi connectivity index (χ4n) is 1.26. The molecule has 0 fully saturated rings. The molecule has 7 heteroatoms. The molecule has 124 valence electrons. The molecule has 0 aliphatic rings. The van der Waals surface area contributed by atoms with Crippen LogP contribution in [0.1, 0.15) is 26.3 Å². The lowest BCUT2D eigenvalue weighted by atomic mass is 10.2. The Hall–Kier alpha value is -1.70. The highest BCUT2D eigenvalue weighted by molar-refractivity contribution is 7.85. The van der Waals surface area contributed by atoms with Crippen molar-refractivity contribution in [3.8, 4) is 0 Å². The highest BCUT2D eigenvalue weighted by Gasteiger charge is 2.08. The van der Waals surface area contributed by atoms with Crippen LogP contribution in [0.5, 0.6) is 0 Å². The van der Waals surface area contributed by atoms with Crippen molar-refractivity contribution in [2.75, 3.05) is 13.1 Å². The van der Waals surface area contributed by atoms with E-state index in [1.54, 1.807) is 24.1 Å². The molecule has 1 aromatic carbocycles. The van der Waals surface area contributed by atoms with Gasteiger partial charge >= 0.3 is 5.97 Å². The first-order valence-corrected chi connectivity index (χ1v) is 8.22. The molecule has 0 bridgehead atoms. The monoisotopic (exact) mass is 329 g/mol. The number of rotatable bonds is 5. The van der Waals surface area contributed by atoms with E-state index >= 15 is 0 Å². The van der Waals surface area contributed by atoms with Gasteiger partial charge in [-0.2, -0.15) is 8.42 Å². The fraction of sp³-hybridized carbons (Fsp3) is 0.400. The van der Waals surface area contributed by atoms with Crippen LogP contribution in [-0.4, -0.2) is 37.1 Å². The summed E-state index contributed by atoms with van der Waals surface area (Å²) < 4.78 is 29.6. The first-order chi connectivity index (χ1) is 10.1. The Labute approximate surface area is 132 Å². The quantitative estimate of drug-likeness (QED) is 0.508. The van der Waals surface area contributed by atoms with E-state index < -0.39 is 10.1 Å². The van der Waals surface area contributed by atoms with Crippen molar-refractivity contribution in [1.29, 1.82) is 0 Å². The molecule has 22 heavy (non-hydrogen) atoms. The molecular formula is C15H23NO5S. The smallest absolute Gasteiger partial charge is 0.352 e. The summed E-state index contributed by atoms with van der Waals surface area (Å²) in [7, 11) is -4.02. The van der Waals surface area contributed by atoms with Crippen molar-refractivity contribution < 1.29 is 22.6 Å². The summed E-state index contributed by atoms with van der Waals surface area (Å²) in [4.78, 5) is 15.7. The Morgan fingerprint density at radius 2 is 1.68 bits per heavy atom. The van der Waals surface area contributed by atoms with Gasteiger partial charge in [-0.15, -0.1) is 5.06 Å². The number of aryl methyl sites for hydroxylation is 1. The second kappa shape index (κ2) is 9.34. The minimum absolute atomic E-state index is 0.0666. The molecular weight excluding hydrogens is 306 g/mol. The maximum Gasteiger partial charge on any atom is 0.352 e. The third kappa shape index (κ3) is 7.92. The van der Waals surface area contributed by atoms with E-state index in [1.807, 2.05) is 20.8 Å². The van der Waals surface area contributed by atoms with Crippen molar-refractivity contribution in [3.05, 3.63) is 42.0 Å². The predicted octanol–water partition coefficient (Wildman–Crippen LogP) is 2.60. The molecule has 0 spiro atoms. The lowest BCUT2D eigenvalue weighted by molar-refractivity contribution is -0.183. The van der Waals surface area contributed by atoms with Crippen molar-refractivity contribution >= 4 is 16.1 Å². The second-order valence-electron chi connectivity index (χ2n) is 4.56. The van der Waals surface area contributed by atoms with Gasteiger partial charge in [0.25, 0.3) is 10.1 Å². The van der Waals surface area contributed by atoms with Crippen LogP contribution in [0.15, 0.2) is 41.3 Å². The van der Waals surface area contributed by atoms with Crippen molar-refractivity contribution in [2.24, 2.45) is 0 Å². The molecule has 6 nitrogen and oxygen atoms in total. The molecule has 0 atom stereocenters. The predicted molar refractivity (Wildman–Crippen MR) is 84.8 cm³/mol. The summed E-state index contributed by atoms with van der Waals surface area (Å²) in [5.74, 6) is -0.353. The average molecular weight is 329 g/mol. The number of carbonyl (C=O) groups is 1. The Bertz CT molecular complexity index is 589. The lowest BCUT2D eigenvalue weighted by Crippen LogP contribution is -2.27. The number of nitrogens with zero attached hydrogens (tertiary/aromatic N) is 1. The van der Waals surface area contributed by atoms with Crippen molar-refractivity contribution in [1.82, 2.24) is 5.06 Å². The second-order valence-corrected chi connectivity index (χ2v) is 5.98. The van der Waals surface area contributed by atoms with E-state index in [1.165, 1.54) is 12.1 Å². The maximum absolute atomic E-state index is 10.9.